The summed E-state index contributed by atoms with van der Waals surface area (Å²) in [5, 5.41) is 13.8. The molecular weight excluding hydrogens is 256 g/mol. The summed E-state index contributed by atoms with van der Waals surface area (Å²) in [5.74, 6) is -0.364. The minimum absolute atomic E-state index is 0.0609. The van der Waals surface area contributed by atoms with E-state index < -0.39 is 4.92 Å². The molecule has 2 aromatic rings. The molecule has 0 aliphatic rings. The average molecular weight is 270 g/mol. The van der Waals surface area contributed by atoms with Crippen molar-refractivity contribution in [1.29, 1.82) is 0 Å². The maximum absolute atomic E-state index is 12.1. The van der Waals surface area contributed by atoms with Crippen molar-refractivity contribution in [3.8, 4) is 0 Å². The Morgan fingerprint density at radius 3 is 2.35 bits per heavy atom. The molecule has 0 unspecified atom stereocenters. The van der Waals surface area contributed by atoms with Gasteiger partial charge in [-0.25, -0.2) is 0 Å². The number of anilines is 1. The molecule has 1 N–H and O–H groups in total. The van der Waals surface area contributed by atoms with Crippen molar-refractivity contribution >= 4 is 17.3 Å². The number of nitrogens with one attached hydrogen (secondary N) is 1. The van der Waals surface area contributed by atoms with Crippen LogP contribution in [0.25, 0.3) is 0 Å². The van der Waals surface area contributed by atoms with Crippen molar-refractivity contribution in [3.63, 3.8) is 0 Å². The van der Waals surface area contributed by atoms with E-state index in [4.69, 9.17) is 0 Å². The van der Waals surface area contributed by atoms with E-state index in [0.29, 0.717) is 11.1 Å². The normalized spacial score (nSPS) is 10.1. The number of carbonyl (C=O) groups is 1. The van der Waals surface area contributed by atoms with Crippen molar-refractivity contribution in [2.45, 2.75) is 13.8 Å². The third-order valence-electron chi connectivity index (χ3n) is 3.17. The summed E-state index contributed by atoms with van der Waals surface area (Å²) < 4.78 is 0. The minimum atomic E-state index is -0.469. The number of hydrogen-bond acceptors (Lipinski definition) is 3. The van der Waals surface area contributed by atoms with E-state index in [1.54, 1.807) is 56.3 Å². The maximum atomic E-state index is 12.1. The molecule has 0 aromatic heterocycles. The topological polar surface area (TPSA) is 72.2 Å². The first-order valence-electron chi connectivity index (χ1n) is 6.11. The summed E-state index contributed by atoms with van der Waals surface area (Å²) in [5.41, 5.74) is 1.98. The van der Waals surface area contributed by atoms with E-state index in [2.05, 4.69) is 5.32 Å². The molecule has 0 saturated carbocycles. The number of nitro benzene ring substituents is 1. The van der Waals surface area contributed by atoms with Crippen LogP contribution in [-0.2, 0) is 0 Å². The molecule has 20 heavy (non-hydrogen) atoms. The third kappa shape index (κ3) is 2.66. The number of nitro groups is 1. The van der Waals surface area contributed by atoms with Gasteiger partial charge in [-0.2, -0.15) is 0 Å². The smallest absolute Gasteiger partial charge is 0.295 e. The van der Waals surface area contributed by atoms with Gasteiger partial charge in [-0.05, 0) is 37.6 Å². The quantitative estimate of drug-likeness (QED) is 0.685. The zero-order valence-electron chi connectivity index (χ0n) is 11.2. The largest absolute Gasteiger partial charge is 0.316 e. The van der Waals surface area contributed by atoms with E-state index in [9.17, 15) is 14.9 Å². The third-order valence-corrected chi connectivity index (χ3v) is 3.17. The van der Waals surface area contributed by atoms with Crippen LogP contribution in [0.5, 0.6) is 0 Å². The summed E-state index contributed by atoms with van der Waals surface area (Å²) >= 11 is 0. The molecule has 5 nitrogen and oxygen atoms in total. The molecule has 0 atom stereocenters. The predicted molar refractivity (Wildman–Crippen MR) is 77.0 cm³/mol. The van der Waals surface area contributed by atoms with Crippen LogP contribution in [-0.4, -0.2) is 10.8 Å². The molecule has 0 heterocycles. The van der Waals surface area contributed by atoms with Crippen molar-refractivity contribution in [2.75, 3.05) is 5.32 Å². The second-order valence-corrected chi connectivity index (χ2v) is 4.48. The van der Waals surface area contributed by atoms with Crippen LogP contribution in [0.15, 0.2) is 42.5 Å². The van der Waals surface area contributed by atoms with Gasteiger partial charge in [0.05, 0.1) is 4.92 Å². The number of nitrogens with zero attached hydrogens (tertiary/aromatic N) is 1. The molecule has 0 fully saturated rings. The van der Waals surface area contributed by atoms with Crippen LogP contribution < -0.4 is 5.32 Å². The number of rotatable bonds is 3. The van der Waals surface area contributed by atoms with E-state index in [1.165, 1.54) is 0 Å². The van der Waals surface area contributed by atoms with Crippen LogP contribution in [0, 0.1) is 24.0 Å². The van der Waals surface area contributed by atoms with Gasteiger partial charge in [0.15, 0.2) is 0 Å². The molecule has 0 spiro atoms. The van der Waals surface area contributed by atoms with Crippen molar-refractivity contribution in [2.24, 2.45) is 0 Å². The van der Waals surface area contributed by atoms with E-state index in [1.807, 2.05) is 0 Å². The van der Waals surface area contributed by atoms with Gasteiger partial charge in [-0.15, -0.1) is 0 Å². The summed E-state index contributed by atoms with van der Waals surface area (Å²) in [6.07, 6.45) is 0. The highest BCUT2D eigenvalue weighted by Crippen LogP contribution is 2.30. The monoisotopic (exact) mass is 270 g/mol. The highest BCUT2D eigenvalue weighted by atomic mass is 16.6. The van der Waals surface area contributed by atoms with Gasteiger partial charge in [0.2, 0.25) is 0 Å². The standard InChI is InChI=1S/C15H14N2O3/c1-10-8-9-13(14(11(10)2)17(19)20)16-15(18)12-6-4-3-5-7-12/h3-9H,1-2H3,(H,16,18). The lowest BCUT2D eigenvalue weighted by molar-refractivity contribution is -0.384. The van der Waals surface area contributed by atoms with E-state index >= 15 is 0 Å². The van der Waals surface area contributed by atoms with Crippen LogP contribution in [0.3, 0.4) is 0 Å². The lowest BCUT2D eigenvalue weighted by Gasteiger charge is -2.09. The fraction of sp³-hybridized carbons (Fsp3) is 0.133. The molecule has 0 bridgehead atoms. The van der Waals surface area contributed by atoms with Gasteiger partial charge in [-0.3, -0.25) is 14.9 Å². The molecule has 0 saturated heterocycles. The molecule has 0 aliphatic heterocycles. The first-order valence-corrected chi connectivity index (χ1v) is 6.11. The zero-order valence-corrected chi connectivity index (χ0v) is 11.2. The molecule has 0 radical (unpaired) electrons. The fourth-order valence-electron chi connectivity index (χ4n) is 1.92. The number of hydrogen-bond donors (Lipinski definition) is 1. The highest BCUT2D eigenvalue weighted by molar-refractivity contribution is 6.05. The number of benzene rings is 2. The van der Waals surface area contributed by atoms with Gasteiger partial charge in [-0.1, -0.05) is 24.3 Å². The lowest BCUT2D eigenvalue weighted by atomic mass is 10.1. The van der Waals surface area contributed by atoms with Crippen LogP contribution >= 0.6 is 0 Å². The van der Waals surface area contributed by atoms with Crippen LogP contribution in [0.1, 0.15) is 21.5 Å². The van der Waals surface area contributed by atoms with Gasteiger partial charge in [0, 0.05) is 11.1 Å². The Bertz CT molecular complexity index is 666. The Balaban J connectivity index is 2.37. The molecular formula is C15H14N2O3. The van der Waals surface area contributed by atoms with Gasteiger partial charge < -0.3 is 5.32 Å². The molecule has 102 valence electrons. The summed E-state index contributed by atoms with van der Waals surface area (Å²) in [6, 6.07) is 11.9. The predicted octanol–water partition coefficient (Wildman–Crippen LogP) is 3.46. The molecule has 0 aliphatic carbocycles. The first-order chi connectivity index (χ1) is 9.50. The Morgan fingerprint density at radius 1 is 1.10 bits per heavy atom. The Morgan fingerprint density at radius 2 is 1.75 bits per heavy atom. The van der Waals surface area contributed by atoms with Gasteiger partial charge >= 0.3 is 0 Å². The second kappa shape index (κ2) is 5.52. The fourth-order valence-corrected chi connectivity index (χ4v) is 1.92. The Kier molecular flexibility index (Phi) is 3.79. The average Bonchev–Trinajstić information content (AvgIpc) is 2.43. The molecule has 1 amide bonds. The summed E-state index contributed by atoms with van der Waals surface area (Å²) in [6.45, 7) is 3.47. The molecule has 2 rings (SSSR count). The van der Waals surface area contributed by atoms with Crippen molar-refractivity contribution < 1.29 is 9.72 Å². The number of carbonyl (C=O) groups excluding carboxylic acids is 1. The zero-order chi connectivity index (χ0) is 14.7. The SMILES string of the molecule is Cc1ccc(NC(=O)c2ccccc2)c([N+](=O)[O-])c1C. The Hall–Kier alpha value is -2.69. The van der Waals surface area contributed by atoms with Crippen molar-refractivity contribution in [3.05, 3.63) is 69.3 Å². The van der Waals surface area contributed by atoms with E-state index in [0.717, 1.165) is 5.56 Å². The number of aryl methyl sites for hydroxylation is 1. The second-order valence-electron chi connectivity index (χ2n) is 4.48. The van der Waals surface area contributed by atoms with E-state index in [-0.39, 0.29) is 17.3 Å². The Labute approximate surface area is 116 Å². The maximum Gasteiger partial charge on any atom is 0.295 e. The summed E-state index contributed by atoms with van der Waals surface area (Å²) in [4.78, 5) is 22.7. The highest BCUT2D eigenvalue weighted by Gasteiger charge is 2.20. The number of amides is 1. The van der Waals surface area contributed by atoms with Gasteiger partial charge in [0.25, 0.3) is 11.6 Å². The summed E-state index contributed by atoms with van der Waals surface area (Å²) in [7, 11) is 0. The van der Waals surface area contributed by atoms with Crippen LogP contribution in [0.2, 0.25) is 0 Å². The van der Waals surface area contributed by atoms with Crippen molar-refractivity contribution in [1.82, 2.24) is 0 Å². The molecule has 5 heteroatoms. The van der Waals surface area contributed by atoms with Gasteiger partial charge in [0.1, 0.15) is 5.69 Å². The van der Waals surface area contributed by atoms with Crippen LogP contribution in [0.4, 0.5) is 11.4 Å². The molecule has 2 aromatic carbocycles. The lowest BCUT2D eigenvalue weighted by Crippen LogP contribution is -2.13. The minimum Gasteiger partial charge on any atom is -0.316 e. The first kappa shape index (κ1) is 13.7.